The van der Waals surface area contributed by atoms with Crippen LogP contribution in [-0.4, -0.2) is 27.0 Å². The number of rotatable bonds is 3. The molecule has 150 valence electrons. The summed E-state index contributed by atoms with van der Waals surface area (Å²) in [6.45, 7) is 1.93. The van der Waals surface area contributed by atoms with Gasteiger partial charge in [0.15, 0.2) is 5.82 Å². The Hall–Kier alpha value is -3.36. The van der Waals surface area contributed by atoms with Gasteiger partial charge in [0.2, 0.25) is 5.88 Å². The van der Waals surface area contributed by atoms with E-state index in [0.717, 1.165) is 38.4 Å². The molecule has 0 amide bonds. The van der Waals surface area contributed by atoms with Crippen LogP contribution in [-0.2, 0) is 12.0 Å². The Morgan fingerprint density at radius 1 is 1.17 bits per heavy atom. The molecule has 0 radical (unpaired) electrons. The molecule has 0 saturated heterocycles. The number of hydrogen-bond donors (Lipinski definition) is 2. The molecule has 0 spiro atoms. The Morgan fingerprint density at radius 3 is 2.80 bits per heavy atom. The second kappa shape index (κ2) is 6.86. The van der Waals surface area contributed by atoms with Crippen LogP contribution in [0.1, 0.15) is 22.6 Å². The highest BCUT2D eigenvalue weighted by molar-refractivity contribution is 7.17. The van der Waals surface area contributed by atoms with Crippen molar-refractivity contribution in [1.29, 1.82) is 0 Å². The van der Waals surface area contributed by atoms with Gasteiger partial charge >= 0.3 is 0 Å². The smallest absolute Gasteiger partial charge is 0.212 e. The van der Waals surface area contributed by atoms with Crippen LogP contribution in [0.3, 0.4) is 0 Å². The van der Waals surface area contributed by atoms with Gasteiger partial charge in [-0.25, -0.2) is 15.0 Å². The molecule has 1 unspecified atom stereocenters. The topological polar surface area (TPSA) is 113 Å². The fraction of sp³-hybridized carbons (Fsp3) is 0.182. The van der Waals surface area contributed by atoms with Crippen LogP contribution in [0, 0.1) is 6.92 Å². The number of aromatic nitrogens is 4. The summed E-state index contributed by atoms with van der Waals surface area (Å²) in [4.78, 5) is 18.5. The highest BCUT2D eigenvalue weighted by Gasteiger charge is 2.34. The zero-order chi connectivity index (χ0) is 20.9. The first-order valence-corrected chi connectivity index (χ1v) is 10.3. The quantitative estimate of drug-likeness (QED) is 0.526. The normalized spacial score (nSPS) is 17.8. The number of nitrogen functional groups attached to an aromatic ring is 1. The molecular formula is C22H20N6OS. The first-order chi connectivity index (χ1) is 14.5. The van der Waals surface area contributed by atoms with Gasteiger partial charge < -0.3 is 16.2 Å². The van der Waals surface area contributed by atoms with Gasteiger partial charge in [-0.05, 0) is 36.6 Å². The predicted octanol–water partition coefficient (Wildman–Crippen LogP) is 3.47. The van der Waals surface area contributed by atoms with Crippen molar-refractivity contribution in [3.05, 3.63) is 64.6 Å². The van der Waals surface area contributed by atoms with Crippen molar-refractivity contribution in [3.8, 4) is 17.3 Å². The van der Waals surface area contributed by atoms with Gasteiger partial charge in [0.05, 0.1) is 34.3 Å². The van der Waals surface area contributed by atoms with Gasteiger partial charge in [-0.3, -0.25) is 4.98 Å². The van der Waals surface area contributed by atoms with Crippen LogP contribution in [0.4, 0.5) is 5.69 Å². The van der Waals surface area contributed by atoms with E-state index in [4.69, 9.17) is 26.2 Å². The van der Waals surface area contributed by atoms with E-state index in [-0.39, 0.29) is 0 Å². The summed E-state index contributed by atoms with van der Waals surface area (Å²) in [5, 5.41) is 2.00. The van der Waals surface area contributed by atoms with Gasteiger partial charge in [0.25, 0.3) is 0 Å². The minimum absolute atomic E-state index is 0.516. The van der Waals surface area contributed by atoms with E-state index in [1.54, 1.807) is 30.7 Å². The number of thiophene rings is 1. The van der Waals surface area contributed by atoms with Gasteiger partial charge in [0.1, 0.15) is 0 Å². The van der Waals surface area contributed by atoms with Crippen molar-refractivity contribution >= 4 is 33.3 Å². The highest BCUT2D eigenvalue weighted by Crippen LogP contribution is 2.38. The van der Waals surface area contributed by atoms with Crippen molar-refractivity contribution in [2.45, 2.75) is 18.9 Å². The molecule has 0 bridgehead atoms. The second-order valence-corrected chi connectivity index (χ2v) is 8.30. The second-order valence-electron chi connectivity index (χ2n) is 7.39. The number of anilines is 1. The average molecular weight is 417 g/mol. The number of hydrogen-bond acceptors (Lipinski definition) is 8. The van der Waals surface area contributed by atoms with E-state index in [1.165, 1.54) is 0 Å². The maximum Gasteiger partial charge on any atom is 0.212 e. The Balaban J connectivity index is 1.66. The first kappa shape index (κ1) is 18.7. The van der Waals surface area contributed by atoms with E-state index in [9.17, 15) is 0 Å². The van der Waals surface area contributed by atoms with Crippen LogP contribution < -0.4 is 16.2 Å². The van der Waals surface area contributed by atoms with Gasteiger partial charge in [-0.15, -0.1) is 11.3 Å². The zero-order valence-electron chi connectivity index (χ0n) is 16.6. The van der Waals surface area contributed by atoms with Crippen molar-refractivity contribution in [3.63, 3.8) is 0 Å². The zero-order valence-corrected chi connectivity index (χ0v) is 17.4. The molecule has 0 aromatic carbocycles. The number of ether oxygens (including phenoxy) is 1. The third-order valence-corrected chi connectivity index (χ3v) is 6.19. The highest BCUT2D eigenvalue weighted by atomic mass is 32.1. The van der Waals surface area contributed by atoms with Crippen molar-refractivity contribution in [2.24, 2.45) is 5.73 Å². The molecule has 7 nitrogen and oxygen atoms in total. The number of pyridine rings is 2. The standard InChI is InChI=1S/C22H20N6OS/c1-12-9-15(23)14-10-22(24,7-5-16(14)26-12)20-19-17(6-8-30-19)27-21(28-20)13-3-4-18(29-2)25-11-13/h3-9,11H,10,24H2,1-2H3,(H2,23,26). The monoisotopic (exact) mass is 416 g/mol. The molecule has 5 rings (SSSR count). The fourth-order valence-corrected chi connectivity index (χ4v) is 4.68. The van der Waals surface area contributed by atoms with Crippen molar-refractivity contribution < 1.29 is 4.74 Å². The van der Waals surface area contributed by atoms with Gasteiger partial charge in [-0.1, -0.05) is 6.08 Å². The number of aryl methyl sites for hydroxylation is 1. The van der Waals surface area contributed by atoms with E-state index >= 15 is 0 Å². The van der Waals surface area contributed by atoms with Crippen LogP contribution in [0.5, 0.6) is 5.88 Å². The molecule has 0 saturated carbocycles. The Morgan fingerprint density at radius 2 is 2.03 bits per heavy atom. The minimum atomic E-state index is -0.821. The average Bonchev–Trinajstić information content (AvgIpc) is 3.22. The third-order valence-electron chi connectivity index (χ3n) is 5.27. The lowest BCUT2D eigenvalue weighted by Gasteiger charge is -2.30. The van der Waals surface area contributed by atoms with Crippen molar-refractivity contribution in [2.75, 3.05) is 12.8 Å². The fourth-order valence-electron chi connectivity index (χ4n) is 3.76. The molecule has 4 aromatic heterocycles. The molecule has 4 heterocycles. The molecule has 1 atom stereocenters. The number of nitrogens with two attached hydrogens (primary N) is 2. The summed E-state index contributed by atoms with van der Waals surface area (Å²) in [6.07, 6.45) is 6.13. The Labute approximate surface area is 177 Å². The van der Waals surface area contributed by atoms with Gasteiger partial charge in [-0.2, -0.15) is 0 Å². The van der Waals surface area contributed by atoms with E-state index in [1.807, 2.05) is 42.7 Å². The Kier molecular flexibility index (Phi) is 4.27. The number of fused-ring (bicyclic) bond motifs is 2. The van der Waals surface area contributed by atoms with E-state index in [2.05, 4.69) is 9.97 Å². The molecule has 1 aliphatic carbocycles. The maximum atomic E-state index is 6.93. The lowest BCUT2D eigenvalue weighted by atomic mass is 9.82. The molecule has 1 aliphatic rings. The van der Waals surface area contributed by atoms with Gasteiger partial charge in [0, 0.05) is 41.2 Å². The number of methoxy groups -OCH3 is 1. The molecule has 0 fully saturated rings. The molecular weight excluding hydrogens is 396 g/mol. The summed E-state index contributed by atoms with van der Waals surface area (Å²) in [6, 6.07) is 7.55. The van der Waals surface area contributed by atoms with Crippen LogP contribution in [0.15, 0.2) is 41.9 Å². The summed E-state index contributed by atoms with van der Waals surface area (Å²) in [5.74, 6) is 1.11. The number of nitrogens with zero attached hydrogens (tertiary/aromatic N) is 4. The predicted molar refractivity (Wildman–Crippen MR) is 119 cm³/mol. The largest absolute Gasteiger partial charge is 0.481 e. The molecule has 8 heteroatoms. The van der Waals surface area contributed by atoms with E-state index in [0.29, 0.717) is 23.8 Å². The SMILES string of the molecule is COc1ccc(-c2nc(C3(N)C=Cc4nc(C)cc(N)c4C3)c3sccc3n2)cn1. The minimum Gasteiger partial charge on any atom is -0.481 e. The third kappa shape index (κ3) is 3.01. The maximum absolute atomic E-state index is 6.93. The summed E-state index contributed by atoms with van der Waals surface area (Å²) >= 11 is 1.58. The first-order valence-electron chi connectivity index (χ1n) is 9.47. The summed E-state index contributed by atoms with van der Waals surface area (Å²) < 4.78 is 6.12. The lowest BCUT2D eigenvalue weighted by molar-refractivity contribution is 0.398. The van der Waals surface area contributed by atoms with Crippen LogP contribution in [0.2, 0.25) is 0 Å². The summed E-state index contributed by atoms with van der Waals surface area (Å²) in [5.41, 5.74) is 18.2. The molecule has 4 N–H and O–H groups in total. The van der Waals surface area contributed by atoms with Crippen LogP contribution >= 0.6 is 11.3 Å². The van der Waals surface area contributed by atoms with E-state index < -0.39 is 5.54 Å². The Bertz CT molecular complexity index is 1300. The molecule has 0 aliphatic heterocycles. The summed E-state index contributed by atoms with van der Waals surface area (Å²) in [7, 11) is 1.58. The van der Waals surface area contributed by atoms with Crippen LogP contribution in [0.25, 0.3) is 27.7 Å². The lowest BCUT2D eigenvalue weighted by Crippen LogP contribution is -2.40. The molecule has 30 heavy (non-hydrogen) atoms. The van der Waals surface area contributed by atoms with Crippen molar-refractivity contribution in [1.82, 2.24) is 19.9 Å². The molecule has 4 aromatic rings.